The van der Waals surface area contributed by atoms with Crippen LogP contribution >= 0.6 is 11.8 Å². The SMILES string of the molecule is CCC(Sc1ccc2ccccc2n1)C(=O)Nc1cccc(C)c1C. The Balaban J connectivity index is 1.76. The highest BCUT2D eigenvalue weighted by atomic mass is 32.2. The number of hydrogen-bond acceptors (Lipinski definition) is 3. The molecule has 1 unspecified atom stereocenters. The first-order valence-electron chi connectivity index (χ1n) is 8.48. The van der Waals surface area contributed by atoms with E-state index in [-0.39, 0.29) is 11.2 Å². The fraction of sp³-hybridized carbons (Fsp3) is 0.238. The van der Waals surface area contributed by atoms with Gasteiger partial charge < -0.3 is 5.32 Å². The van der Waals surface area contributed by atoms with E-state index < -0.39 is 0 Å². The van der Waals surface area contributed by atoms with Crippen molar-refractivity contribution in [3.05, 3.63) is 65.7 Å². The van der Waals surface area contributed by atoms with Crippen molar-refractivity contribution in [1.82, 2.24) is 4.98 Å². The summed E-state index contributed by atoms with van der Waals surface area (Å²) in [6.07, 6.45) is 0.746. The molecule has 0 aliphatic rings. The second kappa shape index (κ2) is 7.70. The van der Waals surface area contributed by atoms with Crippen LogP contribution in [-0.2, 0) is 4.79 Å². The first kappa shape index (κ1) is 17.5. The molecule has 0 fully saturated rings. The molecule has 0 spiro atoms. The number of aryl methyl sites for hydroxylation is 1. The Bertz CT molecular complexity index is 907. The molecule has 3 nitrogen and oxygen atoms in total. The van der Waals surface area contributed by atoms with Gasteiger partial charge in [-0.05, 0) is 49.6 Å². The summed E-state index contributed by atoms with van der Waals surface area (Å²) in [6.45, 7) is 6.11. The molecule has 0 bridgehead atoms. The molecule has 3 aromatic rings. The quantitative estimate of drug-likeness (QED) is 0.630. The summed E-state index contributed by atoms with van der Waals surface area (Å²) in [6, 6.07) is 18.0. The number of nitrogens with zero attached hydrogens (tertiary/aromatic N) is 1. The van der Waals surface area contributed by atoms with Crippen molar-refractivity contribution < 1.29 is 4.79 Å². The maximum absolute atomic E-state index is 12.7. The number of carbonyl (C=O) groups is 1. The van der Waals surface area contributed by atoms with Gasteiger partial charge in [-0.3, -0.25) is 4.79 Å². The van der Waals surface area contributed by atoms with Gasteiger partial charge in [-0.25, -0.2) is 4.98 Å². The predicted octanol–water partition coefficient (Wildman–Crippen LogP) is 5.36. The summed E-state index contributed by atoms with van der Waals surface area (Å²) in [5, 5.41) is 4.89. The molecule has 0 radical (unpaired) electrons. The zero-order chi connectivity index (χ0) is 17.8. The molecule has 1 aromatic heterocycles. The Hall–Kier alpha value is -2.33. The highest BCUT2D eigenvalue weighted by Crippen LogP contribution is 2.27. The zero-order valence-corrected chi connectivity index (χ0v) is 15.6. The second-order valence-electron chi connectivity index (χ2n) is 6.09. The van der Waals surface area contributed by atoms with E-state index in [4.69, 9.17) is 0 Å². The highest BCUT2D eigenvalue weighted by molar-refractivity contribution is 8.00. The van der Waals surface area contributed by atoms with E-state index >= 15 is 0 Å². The Morgan fingerprint density at radius 3 is 2.68 bits per heavy atom. The van der Waals surface area contributed by atoms with Crippen LogP contribution in [0.3, 0.4) is 0 Å². The summed E-state index contributed by atoms with van der Waals surface area (Å²) in [4.78, 5) is 17.4. The molecule has 0 saturated carbocycles. The predicted molar refractivity (Wildman–Crippen MR) is 106 cm³/mol. The van der Waals surface area contributed by atoms with Crippen molar-refractivity contribution >= 4 is 34.3 Å². The Kier molecular flexibility index (Phi) is 5.39. The topological polar surface area (TPSA) is 42.0 Å². The van der Waals surface area contributed by atoms with Gasteiger partial charge >= 0.3 is 0 Å². The fourth-order valence-electron chi connectivity index (χ4n) is 2.68. The van der Waals surface area contributed by atoms with Crippen LogP contribution in [0.1, 0.15) is 24.5 Å². The zero-order valence-electron chi connectivity index (χ0n) is 14.7. The number of para-hydroxylation sites is 1. The lowest BCUT2D eigenvalue weighted by Crippen LogP contribution is -2.25. The molecule has 25 heavy (non-hydrogen) atoms. The average molecular weight is 350 g/mol. The van der Waals surface area contributed by atoms with E-state index in [1.807, 2.05) is 56.3 Å². The molecule has 0 aliphatic heterocycles. The van der Waals surface area contributed by atoms with Crippen LogP contribution in [0.5, 0.6) is 0 Å². The molecule has 1 heterocycles. The van der Waals surface area contributed by atoms with Gasteiger partial charge in [-0.1, -0.05) is 55.1 Å². The number of benzene rings is 2. The van der Waals surface area contributed by atoms with Crippen LogP contribution < -0.4 is 5.32 Å². The van der Waals surface area contributed by atoms with Crippen LogP contribution in [-0.4, -0.2) is 16.1 Å². The number of carbonyl (C=O) groups excluding carboxylic acids is 1. The van der Waals surface area contributed by atoms with Gasteiger partial charge in [0.2, 0.25) is 5.91 Å². The molecule has 1 atom stereocenters. The number of nitrogens with one attached hydrogen (secondary N) is 1. The van der Waals surface area contributed by atoms with E-state index in [0.717, 1.165) is 33.6 Å². The third-order valence-corrected chi connectivity index (χ3v) is 5.66. The number of aromatic nitrogens is 1. The molecule has 2 aromatic carbocycles. The molecule has 0 saturated heterocycles. The molecule has 128 valence electrons. The molecule has 1 N–H and O–H groups in total. The van der Waals surface area contributed by atoms with E-state index in [2.05, 4.69) is 29.4 Å². The Morgan fingerprint density at radius 2 is 1.88 bits per heavy atom. The van der Waals surface area contributed by atoms with Crippen molar-refractivity contribution in [1.29, 1.82) is 0 Å². The lowest BCUT2D eigenvalue weighted by molar-refractivity contribution is -0.115. The molecule has 1 amide bonds. The second-order valence-corrected chi connectivity index (χ2v) is 7.32. The third kappa shape index (κ3) is 4.02. The number of rotatable bonds is 5. The normalized spacial score (nSPS) is 12.1. The number of fused-ring (bicyclic) bond motifs is 1. The van der Waals surface area contributed by atoms with Crippen LogP contribution in [0.2, 0.25) is 0 Å². The van der Waals surface area contributed by atoms with Gasteiger partial charge in [0.1, 0.15) is 0 Å². The van der Waals surface area contributed by atoms with Crippen molar-refractivity contribution in [2.24, 2.45) is 0 Å². The first-order chi connectivity index (χ1) is 12.1. The number of amides is 1. The fourth-order valence-corrected chi connectivity index (χ4v) is 3.60. The number of hydrogen-bond donors (Lipinski definition) is 1. The summed E-state index contributed by atoms with van der Waals surface area (Å²) in [7, 11) is 0. The number of thioether (sulfide) groups is 1. The van der Waals surface area contributed by atoms with Crippen molar-refractivity contribution in [3.8, 4) is 0 Å². The van der Waals surface area contributed by atoms with Crippen molar-refractivity contribution in [2.45, 2.75) is 37.5 Å². The minimum absolute atomic E-state index is 0.0242. The van der Waals surface area contributed by atoms with Gasteiger partial charge in [0, 0.05) is 11.1 Å². The summed E-state index contributed by atoms with van der Waals surface area (Å²) < 4.78 is 0. The third-order valence-electron chi connectivity index (χ3n) is 4.36. The Labute approximate surface area is 152 Å². The average Bonchev–Trinajstić information content (AvgIpc) is 2.63. The summed E-state index contributed by atoms with van der Waals surface area (Å²) in [5.74, 6) is 0.0242. The molecule has 4 heteroatoms. The molecule has 3 rings (SSSR count). The molecular formula is C21H22N2OS. The smallest absolute Gasteiger partial charge is 0.237 e. The number of anilines is 1. The van der Waals surface area contributed by atoms with Gasteiger partial charge in [-0.2, -0.15) is 0 Å². The van der Waals surface area contributed by atoms with Crippen LogP contribution in [0.15, 0.2) is 59.6 Å². The molecular weight excluding hydrogens is 328 g/mol. The lowest BCUT2D eigenvalue weighted by Gasteiger charge is -2.16. The van der Waals surface area contributed by atoms with Crippen LogP contribution in [0.4, 0.5) is 5.69 Å². The lowest BCUT2D eigenvalue weighted by atomic mass is 10.1. The van der Waals surface area contributed by atoms with E-state index in [0.29, 0.717) is 0 Å². The maximum Gasteiger partial charge on any atom is 0.237 e. The molecule has 0 aliphatic carbocycles. The van der Waals surface area contributed by atoms with Crippen LogP contribution in [0, 0.1) is 13.8 Å². The largest absolute Gasteiger partial charge is 0.325 e. The van der Waals surface area contributed by atoms with Gasteiger partial charge in [0.05, 0.1) is 15.8 Å². The van der Waals surface area contributed by atoms with E-state index in [1.54, 1.807) is 0 Å². The summed E-state index contributed by atoms with van der Waals surface area (Å²) >= 11 is 1.52. The van der Waals surface area contributed by atoms with E-state index in [9.17, 15) is 4.79 Å². The summed E-state index contributed by atoms with van der Waals surface area (Å²) in [5.41, 5.74) is 4.13. The number of pyridine rings is 1. The monoisotopic (exact) mass is 350 g/mol. The van der Waals surface area contributed by atoms with E-state index in [1.165, 1.54) is 17.3 Å². The van der Waals surface area contributed by atoms with Crippen molar-refractivity contribution in [3.63, 3.8) is 0 Å². The minimum atomic E-state index is -0.173. The van der Waals surface area contributed by atoms with Gasteiger partial charge in [0.25, 0.3) is 0 Å². The minimum Gasteiger partial charge on any atom is -0.325 e. The van der Waals surface area contributed by atoms with Gasteiger partial charge in [0.15, 0.2) is 0 Å². The standard InChI is InChI=1S/C21H22N2OS/c1-4-19(21(24)23-17-11-7-8-14(2)15(17)3)25-20-13-12-16-9-5-6-10-18(16)22-20/h5-13,19H,4H2,1-3H3,(H,23,24). The van der Waals surface area contributed by atoms with Crippen molar-refractivity contribution in [2.75, 3.05) is 5.32 Å². The highest BCUT2D eigenvalue weighted by Gasteiger charge is 2.19. The Morgan fingerprint density at radius 1 is 1.08 bits per heavy atom. The first-order valence-corrected chi connectivity index (χ1v) is 9.36. The van der Waals surface area contributed by atoms with Gasteiger partial charge in [-0.15, -0.1) is 0 Å². The maximum atomic E-state index is 12.7. The van der Waals surface area contributed by atoms with Crippen LogP contribution in [0.25, 0.3) is 10.9 Å².